The van der Waals surface area contributed by atoms with Crippen molar-refractivity contribution >= 4 is 29.1 Å². The number of methoxy groups -OCH3 is 1. The van der Waals surface area contributed by atoms with Crippen LogP contribution in [0.25, 0.3) is 0 Å². The summed E-state index contributed by atoms with van der Waals surface area (Å²) in [5.74, 6) is 0.221. The third-order valence-corrected chi connectivity index (χ3v) is 6.79. The van der Waals surface area contributed by atoms with E-state index in [-0.39, 0.29) is 11.8 Å². The molecule has 2 aliphatic heterocycles. The van der Waals surface area contributed by atoms with E-state index in [2.05, 4.69) is 5.32 Å². The van der Waals surface area contributed by atoms with Gasteiger partial charge in [-0.1, -0.05) is 54.1 Å². The fourth-order valence-corrected chi connectivity index (χ4v) is 5.29. The Bertz CT molecular complexity index is 1280. The van der Waals surface area contributed by atoms with Gasteiger partial charge in [0.15, 0.2) is 5.54 Å². The predicted molar refractivity (Wildman–Crippen MR) is 127 cm³/mol. The Morgan fingerprint density at radius 2 is 1.82 bits per heavy atom. The summed E-state index contributed by atoms with van der Waals surface area (Å²) in [7, 11) is 5.05. The number of nitrogens with one attached hydrogen (secondary N) is 1. The lowest BCUT2D eigenvalue weighted by Crippen LogP contribution is -2.53. The Hall–Kier alpha value is -3.35. The second kappa shape index (κ2) is 7.90. The first-order chi connectivity index (χ1) is 15.9. The molecule has 1 N–H and O–H groups in total. The smallest absolute Gasteiger partial charge is 0.254 e. The summed E-state index contributed by atoms with van der Waals surface area (Å²) >= 11 is 6.44. The number of benzene rings is 3. The number of carbonyl (C=O) groups is 2. The first kappa shape index (κ1) is 21.5. The lowest BCUT2D eigenvalue weighted by Gasteiger charge is -2.41. The molecule has 2 unspecified atom stereocenters. The third-order valence-electron chi connectivity index (χ3n) is 6.55. The van der Waals surface area contributed by atoms with Crippen molar-refractivity contribution in [2.24, 2.45) is 0 Å². The fraction of sp³-hybridized carbons (Fsp3) is 0.231. The highest BCUT2D eigenvalue weighted by Crippen LogP contribution is 2.54. The van der Waals surface area contributed by atoms with E-state index < -0.39 is 11.6 Å². The van der Waals surface area contributed by atoms with E-state index in [1.54, 1.807) is 44.3 Å². The monoisotopic (exact) mass is 461 g/mol. The number of para-hydroxylation sites is 1. The second-order valence-corrected chi connectivity index (χ2v) is 8.95. The third kappa shape index (κ3) is 3.05. The van der Waals surface area contributed by atoms with E-state index in [0.29, 0.717) is 34.1 Å². The molecule has 0 bridgehead atoms. The van der Waals surface area contributed by atoms with Crippen LogP contribution in [0.4, 0.5) is 5.69 Å². The molecule has 0 aliphatic carbocycles. The van der Waals surface area contributed by atoms with Gasteiger partial charge in [0.2, 0.25) is 5.91 Å². The van der Waals surface area contributed by atoms with Crippen LogP contribution >= 0.6 is 11.6 Å². The summed E-state index contributed by atoms with van der Waals surface area (Å²) in [5, 5.41) is 3.55. The Kier molecular flexibility index (Phi) is 5.15. The van der Waals surface area contributed by atoms with E-state index in [4.69, 9.17) is 16.3 Å². The predicted octanol–water partition coefficient (Wildman–Crippen LogP) is 4.19. The van der Waals surface area contributed by atoms with Gasteiger partial charge in [-0.25, -0.2) is 0 Å². The molecule has 0 aromatic heterocycles. The largest absolute Gasteiger partial charge is 0.496 e. The van der Waals surface area contributed by atoms with Crippen molar-refractivity contribution in [3.8, 4) is 5.75 Å². The number of nitrogens with zero attached hydrogens (tertiary/aromatic N) is 2. The topological polar surface area (TPSA) is 61.9 Å². The number of halogens is 1. The van der Waals surface area contributed by atoms with Gasteiger partial charge in [-0.3, -0.25) is 14.5 Å². The maximum Gasteiger partial charge on any atom is 0.254 e. The zero-order chi connectivity index (χ0) is 23.3. The van der Waals surface area contributed by atoms with Crippen LogP contribution in [0.3, 0.4) is 0 Å². The highest BCUT2D eigenvalue weighted by atomic mass is 35.5. The summed E-state index contributed by atoms with van der Waals surface area (Å²) in [6, 6.07) is 20.0. The van der Waals surface area contributed by atoms with Crippen molar-refractivity contribution in [3.05, 3.63) is 94.0 Å². The summed E-state index contributed by atoms with van der Waals surface area (Å²) < 4.78 is 5.72. The fourth-order valence-electron chi connectivity index (χ4n) is 5.12. The molecule has 33 heavy (non-hydrogen) atoms. The van der Waals surface area contributed by atoms with Crippen LogP contribution in [0.15, 0.2) is 66.7 Å². The minimum absolute atomic E-state index is 0.0995. The molecule has 6 nitrogen and oxygen atoms in total. The van der Waals surface area contributed by atoms with E-state index in [9.17, 15) is 9.59 Å². The molecule has 2 amide bonds. The molecule has 0 fully saturated rings. The first-order valence-corrected chi connectivity index (χ1v) is 11.1. The van der Waals surface area contributed by atoms with Crippen molar-refractivity contribution in [1.29, 1.82) is 0 Å². The molecular formula is C26H24ClN3O3. The van der Waals surface area contributed by atoms with Crippen molar-refractivity contribution < 1.29 is 14.3 Å². The molecule has 3 aromatic carbocycles. The second-order valence-electron chi connectivity index (χ2n) is 8.52. The molecule has 2 atom stereocenters. The number of hydrogen-bond donors (Lipinski definition) is 1. The molecule has 2 aliphatic rings. The maximum absolute atomic E-state index is 14.0. The van der Waals surface area contributed by atoms with Crippen LogP contribution < -0.4 is 10.1 Å². The molecule has 7 heteroatoms. The van der Waals surface area contributed by atoms with Crippen LogP contribution in [0.1, 0.15) is 28.3 Å². The molecule has 2 heterocycles. The zero-order valence-electron chi connectivity index (χ0n) is 18.6. The number of rotatable bonds is 4. The standard InChI is InChI=1S/C26H24ClN3O3/c1-29(2)24(31)23-18-9-5-4-8-16(18)15-30(23)26(19-10-6-7-11-22(19)33-3)20-14-17(27)12-13-21(20)28-25(26)32/h4-14,23H,15H2,1-3H3,(H,28,32). The van der Waals surface area contributed by atoms with E-state index >= 15 is 0 Å². The van der Waals surface area contributed by atoms with Gasteiger partial charge < -0.3 is 15.0 Å². The van der Waals surface area contributed by atoms with Gasteiger partial charge in [0, 0.05) is 42.5 Å². The molecule has 0 saturated heterocycles. The van der Waals surface area contributed by atoms with E-state index in [0.717, 1.165) is 11.1 Å². The number of ether oxygens (including phenoxy) is 1. The first-order valence-electron chi connectivity index (χ1n) is 10.7. The van der Waals surface area contributed by atoms with Crippen molar-refractivity contribution in [1.82, 2.24) is 9.80 Å². The molecule has 3 aromatic rings. The SMILES string of the molecule is COc1ccccc1C1(N2Cc3ccccc3C2C(=O)N(C)C)C(=O)Nc2ccc(Cl)cc21. The van der Waals surface area contributed by atoms with Crippen LogP contribution in [-0.4, -0.2) is 42.8 Å². The number of fused-ring (bicyclic) bond motifs is 2. The normalized spacial score (nSPS) is 21.3. The Morgan fingerprint density at radius 1 is 1.09 bits per heavy atom. The molecular weight excluding hydrogens is 438 g/mol. The number of amides is 2. The lowest BCUT2D eigenvalue weighted by molar-refractivity contribution is -0.140. The Labute approximate surface area is 197 Å². The molecule has 0 spiro atoms. The van der Waals surface area contributed by atoms with Gasteiger partial charge in [0.05, 0.1) is 7.11 Å². The average molecular weight is 462 g/mol. The van der Waals surface area contributed by atoms with E-state index in [1.807, 2.05) is 53.4 Å². The minimum atomic E-state index is -1.32. The zero-order valence-corrected chi connectivity index (χ0v) is 19.4. The number of hydrogen-bond acceptors (Lipinski definition) is 4. The van der Waals surface area contributed by atoms with Crippen molar-refractivity contribution in [2.75, 3.05) is 26.5 Å². The van der Waals surface area contributed by atoms with Gasteiger partial charge >= 0.3 is 0 Å². The molecule has 0 radical (unpaired) electrons. The Morgan fingerprint density at radius 3 is 2.58 bits per heavy atom. The molecule has 5 rings (SSSR count). The van der Waals surface area contributed by atoms with Gasteiger partial charge in [-0.05, 0) is 35.4 Å². The minimum Gasteiger partial charge on any atom is -0.496 e. The molecule has 0 saturated carbocycles. The van der Waals surface area contributed by atoms with Gasteiger partial charge in [0.25, 0.3) is 5.91 Å². The molecule has 168 valence electrons. The van der Waals surface area contributed by atoms with Gasteiger partial charge in [0.1, 0.15) is 11.8 Å². The average Bonchev–Trinajstić information content (AvgIpc) is 3.33. The van der Waals surface area contributed by atoms with E-state index in [1.165, 1.54) is 0 Å². The highest BCUT2D eigenvalue weighted by Gasteiger charge is 2.59. The van der Waals surface area contributed by atoms with Gasteiger partial charge in [-0.15, -0.1) is 0 Å². The Balaban J connectivity index is 1.85. The quantitative estimate of drug-likeness (QED) is 0.633. The van der Waals surface area contributed by atoms with Crippen LogP contribution in [-0.2, 0) is 21.7 Å². The summed E-state index contributed by atoms with van der Waals surface area (Å²) in [5.41, 5.74) is 2.62. The maximum atomic E-state index is 14.0. The van der Waals surface area contributed by atoms with Crippen molar-refractivity contribution in [3.63, 3.8) is 0 Å². The van der Waals surface area contributed by atoms with Crippen molar-refractivity contribution in [2.45, 2.75) is 18.1 Å². The number of anilines is 1. The van der Waals surface area contributed by atoms with Gasteiger partial charge in [-0.2, -0.15) is 0 Å². The summed E-state index contributed by atoms with van der Waals surface area (Å²) in [4.78, 5) is 31.2. The van der Waals surface area contributed by atoms with Crippen LogP contribution in [0, 0.1) is 0 Å². The summed E-state index contributed by atoms with van der Waals surface area (Å²) in [6.07, 6.45) is 0. The number of carbonyl (C=O) groups excluding carboxylic acids is 2. The van der Waals surface area contributed by atoms with Crippen LogP contribution in [0.2, 0.25) is 5.02 Å². The number of likely N-dealkylation sites (N-methyl/N-ethyl adjacent to an activating group) is 1. The highest BCUT2D eigenvalue weighted by molar-refractivity contribution is 6.31. The lowest BCUT2D eigenvalue weighted by atomic mass is 9.80. The summed E-state index contributed by atoms with van der Waals surface area (Å²) in [6.45, 7) is 0.415. The van der Waals surface area contributed by atoms with Crippen LogP contribution in [0.5, 0.6) is 5.75 Å².